The lowest BCUT2D eigenvalue weighted by Crippen LogP contribution is -2.13. The van der Waals surface area contributed by atoms with E-state index in [9.17, 15) is 4.79 Å². The summed E-state index contributed by atoms with van der Waals surface area (Å²) in [6.07, 6.45) is 0. The molecule has 1 N–H and O–H groups in total. The van der Waals surface area contributed by atoms with Crippen LogP contribution < -0.4 is 14.8 Å². The number of nitrogens with one attached hydrogen (secondary N) is 1. The molecule has 1 heterocycles. The van der Waals surface area contributed by atoms with Crippen molar-refractivity contribution in [2.75, 3.05) is 19.5 Å². The molecular weight excluding hydrogens is 356 g/mol. The number of hydrogen-bond donors (Lipinski definition) is 1. The maximum atomic E-state index is 12.7. The number of carbonyl (C=O) groups excluding carboxylic acids is 1. The van der Waals surface area contributed by atoms with Crippen LogP contribution >= 0.6 is 0 Å². The average molecular weight is 374 g/mol. The Labute approximate surface area is 161 Å². The molecule has 28 heavy (non-hydrogen) atoms. The van der Waals surface area contributed by atoms with Crippen molar-refractivity contribution < 1.29 is 18.7 Å². The zero-order valence-electron chi connectivity index (χ0n) is 15.4. The molecule has 140 valence electrons. The van der Waals surface area contributed by atoms with Crippen LogP contribution in [0, 0.1) is 0 Å². The van der Waals surface area contributed by atoms with E-state index in [-0.39, 0.29) is 5.91 Å². The highest BCUT2D eigenvalue weighted by atomic mass is 16.5. The van der Waals surface area contributed by atoms with E-state index in [0.717, 1.165) is 16.7 Å². The number of nitrogens with zero attached hydrogens (tertiary/aromatic N) is 1. The van der Waals surface area contributed by atoms with Gasteiger partial charge in [0.1, 0.15) is 17.0 Å². The number of benzene rings is 3. The first kappa shape index (κ1) is 17.6. The zero-order valence-corrected chi connectivity index (χ0v) is 15.4. The van der Waals surface area contributed by atoms with E-state index in [1.165, 1.54) is 7.11 Å². The van der Waals surface area contributed by atoms with Gasteiger partial charge in [0.25, 0.3) is 5.91 Å². The average Bonchev–Trinajstić information content (AvgIpc) is 3.18. The second-order valence-electron chi connectivity index (χ2n) is 6.08. The lowest BCUT2D eigenvalue weighted by atomic mass is 10.1. The molecule has 0 unspecified atom stereocenters. The molecule has 0 bridgehead atoms. The first-order valence-corrected chi connectivity index (χ1v) is 8.67. The Hall–Kier alpha value is -3.80. The van der Waals surface area contributed by atoms with E-state index in [0.29, 0.717) is 28.6 Å². The number of methoxy groups -OCH3 is 2. The molecule has 0 aliphatic rings. The van der Waals surface area contributed by atoms with Gasteiger partial charge in [0.2, 0.25) is 5.89 Å². The third kappa shape index (κ3) is 3.40. The molecule has 1 aromatic heterocycles. The molecule has 4 aromatic rings. The monoisotopic (exact) mass is 374 g/mol. The Balaban J connectivity index is 1.55. The van der Waals surface area contributed by atoms with Gasteiger partial charge in [-0.15, -0.1) is 0 Å². The fraction of sp³-hybridized carbons (Fsp3) is 0.0909. The highest BCUT2D eigenvalue weighted by Gasteiger charge is 2.14. The molecule has 0 saturated carbocycles. The molecule has 0 fully saturated rings. The Morgan fingerprint density at radius 1 is 0.964 bits per heavy atom. The van der Waals surface area contributed by atoms with Crippen LogP contribution in [0.4, 0.5) is 5.69 Å². The van der Waals surface area contributed by atoms with Gasteiger partial charge in [-0.3, -0.25) is 4.79 Å². The molecular formula is C22H18N2O4. The van der Waals surface area contributed by atoms with Crippen molar-refractivity contribution in [3.63, 3.8) is 0 Å². The smallest absolute Gasteiger partial charge is 0.259 e. The van der Waals surface area contributed by atoms with Crippen molar-refractivity contribution in [3.05, 3.63) is 72.3 Å². The summed E-state index contributed by atoms with van der Waals surface area (Å²) in [4.78, 5) is 17.1. The Kier molecular flexibility index (Phi) is 4.68. The standard InChI is InChI=1S/C22H18N2O4/c1-26-16-11-12-19(27-2)17(13-16)21(25)23-15-9-7-14(8-10-15)22-24-18-5-3-4-6-20(18)28-22/h3-13H,1-2H3,(H,23,25). The van der Waals surface area contributed by atoms with Gasteiger partial charge >= 0.3 is 0 Å². The summed E-state index contributed by atoms with van der Waals surface area (Å²) in [5, 5.41) is 2.86. The minimum absolute atomic E-state index is 0.287. The van der Waals surface area contributed by atoms with E-state index in [1.54, 1.807) is 37.4 Å². The summed E-state index contributed by atoms with van der Waals surface area (Å²) < 4.78 is 16.2. The molecule has 0 spiro atoms. The van der Waals surface area contributed by atoms with E-state index in [4.69, 9.17) is 13.9 Å². The third-order valence-corrected chi connectivity index (χ3v) is 4.33. The highest BCUT2D eigenvalue weighted by Crippen LogP contribution is 2.27. The van der Waals surface area contributed by atoms with Gasteiger partial charge in [-0.1, -0.05) is 12.1 Å². The number of para-hydroxylation sites is 2. The van der Waals surface area contributed by atoms with Crippen molar-refractivity contribution in [2.24, 2.45) is 0 Å². The summed E-state index contributed by atoms with van der Waals surface area (Å²) in [7, 11) is 3.07. The maximum Gasteiger partial charge on any atom is 0.259 e. The number of anilines is 1. The molecule has 0 aliphatic heterocycles. The number of ether oxygens (including phenoxy) is 2. The summed E-state index contributed by atoms with van der Waals surface area (Å²) >= 11 is 0. The number of amides is 1. The number of rotatable bonds is 5. The van der Waals surface area contributed by atoms with Crippen LogP contribution in [0.25, 0.3) is 22.6 Å². The van der Waals surface area contributed by atoms with Gasteiger partial charge < -0.3 is 19.2 Å². The molecule has 0 saturated heterocycles. The number of carbonyl (C=O) groups is 1. The molecule has 0 aliphatic carbocycles. The minimum Gasteiger partial charge on any atom is -0.497 e. The van der Waals surface area contributed by atoms with E-state index in [2.05, 4.69) is 10.3 Å². The maximum absolute atomic E-state index is 12.7. The molecule has 6 heteroatoms. The van der Waals surface area contributed by atoms with Gasteiger partial charge in [0.15, 0.2) is 5.58 Å². The fourth-order valence-corrected chi connectivity index (χ4v) is 2.88. The van der Waals surface area contributed by atoms with Crippen molar-refractivity contribution in [2.45, 2.75) is 0 Å². The quantitative estimate of drug-likeness (QED) is 0.545. The fourth-order valence-electron chi connectivity index (χ4n) is 2.88. The number of oxazole rings is 1. The summed E-state index contributed by atoms with van der Waals surface area (Å²) in [5.74, 6) is 1.30. The van der Waals surface area contributed by atoms with Crippen molar-refractivity contribution >= 4 is 22.7 Å². The van der Waals surface area contributed by atoms with E-state index < -0.39 is 0 Å². The number of hydrogen-bond acceptors (Lipinski definition) is 5. The number of aromatic nitrogens is 1. The minimum atomic E-state index is -0.287. The van der Waals surface area contributed by atoms with E-state index in [1.807, 2.05) is 36.4 Å². The Bertz CT molecular complexity index is 1100. The summed E-state index contributed by atoms with van der Waals surface area (Å²) in [6, 6.07) is 20.0. The van der Waals surface area contributed by atoms with Crippen molar-refractivity contribution in [3.8, 4) is 23.0 Å². The van der Waals surface area contributed by atoms with Gasteiger partial charge in [0, 0.05) is 11.3 Å². The van der Waals surface area contributed by atoms with Crippen LogP contribution in [0.3, 0.4) is 0 Å². The molecule has 4 rings (SSSR count). The molecule has 0 atom stereocenters. The van der Waals surface area contributed by atoms with Crippen LogP contribution in [-0.4, -0.2) is 25.1 Å². The largest absolute Gasteiger partial charge is 0.497 e. The lowest BCUT2D eigenvalue weighted by molar-refractivity contribution is 0.102. The second-order valence-corrected chi connectivity index (χ2v) is 6.08. The van der Waals surface area contributed by atoms with Crippen LogP contribution in [0.2, 0.25) is 0 Å². The predicted molar refractivity (Wildman–Crippen MR) is 107 cm³/mol. The molecule has 6 nitrogen and oxygen atoms in total. The van der Waals surface area contributed by atoms with Crippen LogP contribution in [0.5, 0.6) is 11.5 Å². The number of fused-ring (bicyclic) bond motifs is 1. The molecule has 1 amide bonds. The normalized spacial score (nSPS) is 10.6. The second kappa shape index (κ2) is 7.44. The first-order chi connectivity index (χ1) is 13.7. The lowest BCUT2D eigenvalue weighted by Gasteiger charge is -2.11. The van der Waals surface area contributed by atoms with Crippen molar-refractivity contribution in [1.82, 2.24) is 4.98 Å². The Morgan fingerprint density at radius 2 is 1.75 bits per heavy atom. The molecule has 0 radical (unpaired) electrons. The summed E-state index contributed by atoms with van der Waals surface area (Å²) in [5.41, 5.74) is 3.41. The van der Waals surface area contributed by atoms with Crippen LogP contribution in [0.15, 0.2) is 71.1 Å². The third-order valence-electron chi connectivity index (χ3n) is 4.33. The van der Waals surface area contributed by atoms with Gasteiger partial charge in [-0.2, -0.15) is 0 Å². The highest BCUT2D eigenvalue weighted by molar-refractivity contribution is 6.06. The summed E-state index contributed by atoms with van der Waals surface area (Å²) in [6.45, 7) is 0. The SMILES string of the molecule is COc1ccc(OC)c(C(=O)Nc2ccc(-c3nc4ccccc4o3)cc2)c1. The van der Waals surface area contributed by atoms with E-state index >= 15 is 0 Å². The topological polar surface area (TPSA) is 73.6 Å². The van der Waals surface area contributed by atoms with Crippen LogP contribution in [0.1, 0.15) is 10.4 Å². The van der Waals surface area contributed by atoms with Crippen LogP contribution in [-0.2, 0) is 0 Å². The molecule has 3 aromatic carbocycles. The first-order valence-electron chi connectivity index (χ1n) is 8.67. The van der Waals surface area contributed by atoms with Gasteiger partial charge in [0.05, 0.1) is 19.8 Å². The van der Waals surface area contributed by atoms with Crippen molar-refractivity contribution in [1.29, 1.82) is 0 Å². The Morgan fingerprint density at radius 3 is 2.46 bits per heavy atom. The van der Waals surface area contributed by atoms with Gasteiger partial charge in [-0.25, -0.2) is 4.98 Å². The predicted octanol–water partition coefficient (Wildman–Crippen LogP) is 4.76. The van der Waals surface area contributed by atoms with Gasteiger partial charge in [-0.05, 0) is 54.6 Å². The zero-order chi connectivity index (χ0) is 19.5.